The zero-order chi connectivity index (χ0) is 19.5. The Hall–Kier alpha value is -3.12. The van der Waals surface area contributed by atoms with E-state index in [1.54, 1.807) is 6.92 Å². The minimum Gasteiger partial charge on any atom is -0.491 e. The number of hydrogen-bond acceptors (Lipinski definition) is 4. The first-order valence-electron chi connectivity index (χ1n) is 9.42. The lowest BCUT2D eigenvalue weighted by Crippen LogP contribution is -2.32. The van der Waals surface area contributed by atoms with E-state index in [2.05, 4.69) is 29.3 Å². The molecule has 0 radical (unpaired) electrons. The lowest BCUT2D eigenvalue weighted by molar-refractivity contribution is -0.128. The normalized spacial score (nSPS) is 14.2. The van der Waals surface area contributed by atoms with Gasteiger partial charge in [-0.25, -0.2) is 4.98 Å². The van der Waals surface area contributed by atoms with E-state index in [1.807, 2.05) is 40.1 Å². The van der Waals surface area contributed by atoms with Gasteiger partial charge in [0.15, 0.2) is 0 Å². The van der Waals surface area contributed by atoms with E-state index < -0.39 is 0 Å². The van der Waals surface area contributed by atoms with E-state index in [4.69, 9.17) is 9.84 Å². The summed E-state index contributed by atoms with van der Waals surface area (Å²) in [6.45, 7) is 3.33. The van der Waals surface area contributed by atoms with Gasteiger partial charge in [-0.3, -0.25) is 9.36 Å². The fraction of sp³-hybridized carbons (Fsp3) is 0.273. The number of imidazole rings is 1. The van der Waals surface area contributed by atoms with Crippen LogP contribution < -0.4 is 4.74 Å². The van der Waals surface area contributed by atoms with Crippen LogP contribution in [0.15, 0.2) is 54.9 Å². The largest absolute Gasteiger partial charge is 0.491 e. The van der Waals surface area contributed by atoms with Crippen LogP contribution in [-0.4, -0.2) is 51.8 Å². The van der Waals surface area contributed by atoms with Crippen molar-refractivity contribution < 1.29 is 14.6 Å². The summed E-state index contributed by atoms with van der Waals surface area (Å²) in [4.78, 5) is 17.9. The van der Waals surface area contributed by atoms with Gasteiger partial charge in [0, 0.05) is 25.7 Å². The van der Waals surface area contributed by atoms with Crippen LogP contribution >= 0.6 is 0 Å². The maximum Gasteiger partial charge on any atom is 0.219 e. The molecule has 0 aliphatic carbocycles. The number of nitrogens with zero attached hydrogens (tertiary/aromatic N) is 3. The van der Waals surface area contributed by atoms with E-state index in [9.17, 15) is 4.79 Å². The Morgan fingerprint density at radius 3 is 2.71 bits per heavy atom. The first kappa shape index (κ1) is 18.3. The molecule has 1 aliphatic rings. The summed E-state index contributed by atoms with van der Waals surface area (Å²) in [5.74, 6) is 0.852. The predicted molar refractivity (Wildman–Crippen MR) is 108 cm³/mol. The third-order valence-corrected chi connectivity index (χ3v) is 5.05. The Morgan fingerprint density at radius 2 is 2.04 bits per heavy atom. The number of fused-ring (bicyclic) bond motifs is 1. The molecule has 6 nitrogen and oxygen atoms in total. The number of benzene rings is 2. The Bertz CT molecular complexity index is 1020. The van der Waals surface area contributed by atoms with Gasteiger partial charge in [0.05, 0.1) is 17.6 Å². The van der Waals surface area contributed by atoms with E-state index in [0.717, 1.165) is 41.0 Å². The number of carbonyl (C=O) groups excluding carboxylic acids is 1. The van der Waals surface area contributed by atoms with Crippen molar-refractivity contribution in [3.05, 3.63) is 60.4 Å². The van der Waals surface area contributed by atoms with Gasteiger partial charge >= 0.3 is 0 Å². The van der Waals surface area contributed by atoms with Crippen LogP contribution in [0.25, 0.3) is 22.3 Å². The Balaban J connectivity index is 1.58. The SMILES string of the molecule is CC(=O)N1CC=C(c2ccc3c(c2)ncn3-c2ccc(OCCO)cc2)CC1. The van der Waals surface area contributed by atoms with Crippen molar-refractivity contribution in [3.8, 4) is 11.4 Å². The molecule has 0 bridgehead atoms. The van der Waals surface area contributed by atoms with Crippen LogP contribution in [-0.2, 0) is 4.79 Å². The van der Waals surface area contributed by atoms with Gasteiger partial charge in [-0.1, -0.05) is 12.1 Å². The summed E-state index contributed by atoms with van der Waals surface area (Å²) in [5.41, 5.74) is 5.40. The minimum atomic E-state index is -0.000535. The summed E-state index contributed by atoms with van der Waals surface area (Å²) < 4.78 is 7.46. The first-order valence-corrected chi connectivity index (χ1v) is 9.42. The third-order valence-electron chi connectivity index (χ3n) is 5.05. The van der Waals surface area contributed by atoms with Crippen molar-refractivity contribution in [2.45, 2.75) is 13.3 Å². The summed E-state index contributed by atoms with van der Waals surface area (Å²) in [6.07, 6.45) is 4.82. The fourth-order valence-corrected chi connectivity index (χ4v) is 3.50. The number of aromatic nitrogens is 2. The van der Waals surface area contributed by atoms with Crippen LogP contribution in [0.4, 0.5) is 0 Å². The standard InChI is InChI=1S/C22H23N3O3/c1-16(27)24-10-8-17(9-11-24)18-2-7-22-21(14-18)23-15-25(22)19-3-5-20(6-4-19)28-13-12-26/h2-8,14-15,26H,9-13H2,1H3. The number of ether oxygens (including phenoxy) is 1. The minimum absolute atomic E-state index is 0.000535. The number of carbonyl (C=O) groups is 1. The second kappa shape index (κ2) is 7.86. The summed E-state index contributed by atoms with van der Waals surface area (Å²) >= 11 is 0. The molecular formula is C22H23N3O3. The highest BCUT2D eigenvalue weighted by Crippen LogP contribution is 2.27. The highest BCUT2D eigenvalue weighted by Gasteiger charge is 2.15. The molecule has 144 valence electrons. The number of amides is 1. The Kier molecular flexibility index (Phi) is 5.12. The van der Waals surface area contributed by atoms with Gasteiger partial charge in [0.2, 0.25) is 5.91 Å². The van der Waals surface area contributed by atoms with E-state index in [1.165, 1.54) is 5.57 Å². The molecule has 3 aromatic rings. The lowest BCUT2D eigenvalue weighted by Gasteiger charge is -2.25. The molecule has 0 atom stereocenters. The zero-order valence-corrected chi connectivity index (χ0v) is 15.8. The molecule has 1 aliphatic heterocycles. The third kappa shape index (κ3) is 3.64. The highest BCUT2D eigenvalue weighted by molar-refractivity contribution is 5.83. The molecule has 1 aromatic heterocycles. The lowest BCUT2D eigenvalue weighted by atomic mass is 9.99. The molecule has 1 N–H and O–H groups in total. The maximum atomic E-state index is 11.5. The van der Waals surface area contributed by atoms with Crippen molar-refractivity contribution >= 4 is 22.5 Å². The number of aliphatic hydroxyl groups excluding tert-OH is 1. The average Bonchev–Trinajstić information content (AvgIpc) is 3.16. The average molecular weight is 377 g/mol. The van der Waals surface area contributed by atoms with Gasteiger partial charge in [0.1, 0.15) is 18.7 Å². The summed E-state index contributed by atoms with van der Waals surface area (Å²) in [5, 5.41) is 8.85. The maximum absolute atomic E-state index is 11.5. The molecule has 2 heterocycles. The Labute approximate surface area is 163 Å². The molecule has 0 saturated heterocycles. The van der Waals surface area contributed by atoms with Crippen LogP contribution in [0.3, 0.4) is 0 Å². The van der Waals surface area contributed by atoms with Gasteiger partial charge < -0.3 is 14.7 Å². The predicted octanol–water partition coefficient (Wildman–Crippen LogP) is 3.03. The van der Waals surface area contributed by atoms with Crippen LogP contribution in [0.2, 0.25) is 0 Å². The monoisotopic (exact) mass is 377 g/mol. The van der Waals surface area contributed by atoms with Gasteiger partial charge in [-0.2, -0.15) is 0 Å². The molecule has 0 spiro atoms. The summed E-state index contributed by atoms with van der Waals surface area (Å²) in [7, 11) is 0. The molecule has 0 saturated carbocycles. The topological polar surface area (TPSA) is 67.6 Å². The quantitative estimate of drug-likeness (QED) is 0.742. The zero-order valence-electron chi connectivity index (χ0n) is 15.8. The number of hydrogen-bond donors (Lipinski definition) is 1. The molecule has 28 heavy (non-hydrogen) atoms. The molecule has 1 amide bonds. The molecule has 6 heteroatoms. The molecule has 2 aromatic carbocycles. The van der Waals surface area contributed by atoms with E-state index in [0.29, 0.717) is 6.54 Å². The smallest absolute Gasteiger partial charge is 0.219 e. The summed E-state index contributed by atoms with van der Waals surface area (Å²) in [6, 6.07) is 14.0. The number of aliphatic hydroxyl groups is 1. The van der Waals surface area contributed by atoms with Gasteiger partial charge in [0.25, 0.3) is 0 Å². The van der Waals surface area contributed by atoms with Crippen LogP contribution in [0, 0.1) is 0 Å². The fourth-order valence-electron chi connectivity index (χ4n) is 3.50. The van der Waals surface area contributed by atoms with Crippen molar-refractivity contribution in [2.24, 2.45) is 0 Å². The second-order valence-electron chi connectivity index (χ2n) is 6.83. The Morgan fingerprint density at radius 1 is 1.21 bits per heavy atom. The van der Waals surface area contributed by atoms with Gasteiger partial charge in [-0.05, 0) is 54.0 Å². The van der Waals surface area contributed by atoms with E-state index in [-0.39, 0.29) is 19.1 Å². The first-order chi connectivity index (χ1) is 13.7. The van der Waals surface area contributed by atoms with Crippen molar-refractivity contribution in [2.75, 3.05) is 26.3 Å². The van der Waals surface area contributed by atoms with Crippen LogP contribution in [0.5, 0.6) is 5.75 Å². The van der Waals surface area contributed by atoms with Gasteiger partial charge in [-0.15, -0.1) is 0 Å². The van der Waals surface area contributed by atoms with Crippen LogP contribution in [0.1, 0.15) is 18.9 Å². The van der Waals surface area contributed by atoms with Crippen molar-refractivity contribution in [1.29, 1.82) is 0 Å². The van der Waals surface area contributed by atoms with Crippen molar-refractivity contribution in [3.63, 3.8) is 0 Å². The molecule has 0 fully saturated rings. The molecular weight excluding hydrogens is 354 g/mol. The second-order valence-corrected chi connectivity index (χ2v) is 6.83. The number of rotatable bonds is 5. The highest BCUT2D eigenvalue weighted by atomic mass is 16.5. The molecule has 4 rings (SSSR count). The van der Waals surface area contributed by atoms with E-state index >= 15 is 0 Å². The van der Waals surface area contributed by atoms with Crippen molar-refractivity contribution in [1.82, 2.24) is 14.5 Å². The molecule has 0 unspecified atom stereocenters.